The van der Waals surface area contributed by atoms with Crippen LogP contribution in [0.1, 0.15) is 65.2 Å². The van der Waals surface area contributed by atoms with Crippen LogP contribution >= 0.6 is 0 Å². The predicted octanol–water partition coefficient (Wildman–Crippen LogP) is 3.85. The van der Waals surface area contributed by atoms with Crippen LogP contribution in [-0.4, -0.2) is 11.1 Å². The summed E-state index contributed by atoms with van der Waals surface area (Å²) in [6, 6.07) is 0. The highest BCUT2D eigenvalue weighted by Gasteiger charge is 2.09. The smallest absolute Gasteiger partial charge is 0.303 e. The fourth-order valence-corrected chi connectivity index (χ4v) is 1.81. The number of aliphatic carboxylic acids is 1. The van der Waals surface area contributed by atoms with Gasteiger partial charge in [-0.15, -0.1) is 0 Å². The molecule has 1 aliphatic rings. The maximum absolute atomic E-state index is 9.60. The lowest BCUT2D eigenvalue weighted by Gasteiger charge is -2.18. The van der Waals surface area contributed by atoms with E-state index in [1.54, 1.807) is 0 Å². The van der Waals surface area contributed by atoms with Gasteiger partial charge >= 0.3 is 5.97 Å². The van der Waals surface area contributed by atoms with Crippen molar-refractivity contribution in [1.82, 2.24) is 0 Å². The van der Waals surface area contributed by atoms with Gasteiger partial charge in [-0.1, -0.05) is 52.4 Å². The first-order chi connectivity index (χ1) is 6.70. The number of carbonyl (C=O) groups is 1. The Morgan fingerprint density at radius 3 is 2.00 bits per heavy atom. The van der Waals surface area contributed by atoms with Gasteiger partial charge in [0.1, 0.15) is 0 Å². The second kappa shape index (κ2) is 9.04. The quantitative estimate of drug-likeness (QED) is 0.751. The molecule has 0 bridgehead atoms. The van der Waals surface area contributed by atoms with Crippen LogP contribution in [0.15, 0.2) is 0 Å². The van der Waals surface area contributed by atoms with Crippen molar-refractivity contribution in [2.24, 2.45) is 5.92 Å². The summed E-state index contributed by atoms with van der Waals surface area (Å²) in [6.07, 6.45) is 9.95. The van der Waals surface area contributed by atoms with Crippen LogP contribution < -0.4 is 0 Å². The molecule has 0 aliphatic heterocycles. The average Bonchev–Trinajstić information content (AvgIpc) is 2.20. The van der Waals surface area contributed by atoms with Crippen LogP contribution in [0.2, 0.25) is 0 Å². The predicted molar refractivity (Wildman–Crippen MR) is 59.4 cm³/mol. The van der Waals surface area contributed by atoms with E-state index in [1.165, 1.54) is 38.5 Å². The lowest BCUT2D eigenvalue weighted by atomic mass is 9.88. The van der Waals surface area contributed by atoms with Gasteiger partial charge in [0, 0.05) is 6.42 Å². The van der Waals surface area contributed by atoms with E-state index in [-0.39, 0.29) is 0 Å². The Morgan fingerprint density at radius 2 is 1.79 bits per heavy atom. The van der Waals surface area contributed by atoms with Crippen molar-refractivity contribution in [3.63, 3.8) is 0 Å². The highest BCUT2D eigenvalue weighted by molar-refractivity contribution is 5.66. The molecule has 0 spiro atoms. The summed E-state index contributed by atoms with van der Waals surface area (Å²) in [4.78, 5) is 9.60. The molecule has 1 rings (SSSR count). The van der Waals surface area contributed by atoms with E-state index >= 15 is 0 Å². The van der Waals surface area contributed by atoms with E-state index in [4.69, 9.17) is 5.11 Å². The Bertz CT molecular complexity index is 137. The summed E-state index contributed by atoms with van der Waals surface area (Å²) in [5.74, 6) is 0.376. The van der Waals surface area contributed by atoms with Crippen molar-refractivity contribution in [3.05, 3.63) is 0 Å². The summed E-state index contributed by atoms with van der Waals surface area (Å²) in [7, 11) is 0. The minimum atomic E-state index is -0.711. The van der Waals surface area contributed by atoms with Gasteiger partial charge in [0.25, 0.3) is 0 Å². The standard InChI is InChI=1S/C8H16.C4H8O2/c1-2-8-6-4-3-5-7-8;1-2-3-4(5)6/h8H,2-7H2,1H3;2-3H2,1H3,(H,5,6). The largest absolute Gasteiger partial charge is 0.481 e. The molecule has 0 aromatic rings. The van der Waals surface area contributed by atoms with Crippen molar-refractivity contribution < 1.29 is 9.90 Å². The van der Waals surface area contributed by atoms with Gasteiger partial charge in [0.05, 0.1) is 0 Å². The zero-order chi connectivity index (χ0) is 10.8. The monoisotopic (exact) mass is 200 g/mol. The summed E-state index contributed by atoms with van der Waals surface area (Å²) in [5.41, 5.74) is 0. The van der Waals surface area contributed by atoms with Crippen molar-refractivity contribution in [2.75, 3.05) is 0 Å². The summed E-state index contributed by atoms with van der Waals surface area (Å²) in [6.45, 7) is 4.16. The molecule has 0 heterocycles. The van der Waals surface area contributed by atoms with Crippen LogP contribution in [0.3, 0.4) is 0 Å². The molecular formula is C12H24O2. The molecule has 1 saturated carbocycles. The summed E-state index contributed by atoms with van der Waals surface area (Å²) in [5, 5.41) is 7.91. The molecule has 0 amide bonds. The van der Waals surface area contributed by atoms with E-state index in [0.717, 1.165) is 12.3 Å². The maximum atomic E-state index is 9.60. The third-order valence-electron chi connectivity index (χ3n) is 2.77. The number of hydrogen-bond donors (Lipinski definition) is 1. The summed E-state index contributed by atoms with van der Waals surface area (Å²) < 4.78 is 0. The number of carboxylic acid groups (broad SMARTS) is 1. The lowest BCUT2D eigenvalue weighted by molar-refractivity contribution is -0.137. The highest BCUT2D eigenvalue weighted by atomic mass is 16.4. The molecule has 14 heavy (non-hydrogen) atoms. The van der Waals surface area contributed by atoms with E-state index < -0.39 is 5.97 Å². The normalized spacial score (nSPS) is 17.0. The molecule has 1 fully saturated rings. The minimum absolute atomic E-state index is 0.292. The molecule has 0 aromatic carbocycles. The first kappa shape index (κ1) is 13.5. The Kier molecular flexibility index (Phi) is 8.70. The SMILES string of the molecule is CCC1CCCCC1.CCCC(=O)O. The van der Waals surface area contributed by atoms with Crippen molar-refractivity contribution in [3.8, 4) is 0 Å². The van der Waals surface area contributed by atoms with Gasteiger partial charge in [0.15, 0.2) is 0 Å². The van der Waals surface area contributed by atoms with Crippen LogP contribution in [-0.2, 0) is 4.79 Å². The first-order valence-corrected chi connectivity index (χ1v) is 5.92. The molecule has 0 radical (unpaired) electrons. The Morgan fingerprint density at radius 1 is 1.21 bits per heavy atom. The topological polar surface area (TPSA) is 37.3 Å². The number of rotatable bonds is 3. The van der Waals surface area contributed by atoms with E-state index in [2.05, 4.69) is 6.92 Å². The molecule has 0 saturated heterocycles. The van der Waals surface area contributed by atoms with Crippen LogP contribution in [0, 0.1) is 5.92 Å². The fourth-order valence-electron chi connectivity index (χ4n) is 1.81. The second-order valence-corrected chi connectivity index (χ2v) is 4.06. The molecule has 0 atom stereocenters. The Hall–Kier alpha value is -0.530. The van der Waals surface area contributed by atoms with Gasteiger partial charge in [-0.25, -0.2) is 0 Å². The Labute approximate surface area is 87.7 Å². The number of carboxylic acids is 1. The van der Waals surface area contributed by atoms with E-state index in [0.29, 0.717) is 6.42 Å². The molecule has 84 valence electrons. The minimum Gasteiger partial charge on any atom is -0.481 e. The van der Waals surface area contributed by atoms with Gasteiger partial charge in [-0.05, 0) is 12.3 Å². The molecule has 1 N–H and O–H groups in total. The number of hydrogen-bond acceptors (Lipinski definition) is 1. The van der Waals surface area contributed by atoms with Gasteiger partial charge in [0.2, 0.25) is 0 Å². The summed E-state index contributed by atoms with van der Waals surface area (Å²) >= 11 is 0. The van der Waals surface area contributed by atoms with Crippen molar-refractivity contribution in [2.45, 2.75) is 65.2 Å². The zero-order valence-electron chi connectivity index (χ0n) is 9.59. The first-order valence-electron chi connectivity index (χ1n) is 5.92. The van der Waals surface area contributed by atoms with Gasteiger partial charge in [-0.2, -0.15) is 0 Å². The van der Waals surface area contributed by atoms with Gasteiger partial charge < -0.3 is 5.11 Å². The fraction of sp³-hybridized carbons (Fsp3) is 0.917. The van der Waals surface area contributed by atoms with E-state index in [1.807, 2.05) is 6.92 Å². The maximum Gasteiger partial charge on any atom is 0.303 e. The third-order valence-corrected chi connectivity index (χ3v) is 2.77. The van der Waals surface area contributed by atoms with E-state index in [9.17, 15) is 4.79 Å². The molecule has 1 aliphatic carbocycles. The molecule has 2 heteroatoms. The Balaban J connectivity index is 0.000000255. The zero-order valence-corrected chi connectivity index (χ0v) is 9.59. The molecule has 0 unspecified atom stereocenters. The van der Waals surface area contributed by atoms with Crippen molar-refractivity contribution >= 4 is 5.97 Å². The molecule has 0 aromatic heterocycles. The average molecular weight is 200 g/mol. The molecular weight excluding hydrogens is 176 g/mol. The van der Waals surface area contributed by atoms with Crippen LogP contribution in [0.5, 0.6) is 0 Å². The molecule has 2 nitrogen and oxygen atoms in total. The van der Waals surface area contributed by atoms with Crippen LogP contribution in [0.4, 0.5) is 0 Å². The lowest BCUT2D eigenvalue weighted by Crippen LogP contribution is -2.03. The van der Waals surface area contributed by atoms with Crippen molar-refractivity contribution in [1.29, 1.82) is 0 Å². The highest BCUT2D eigenvalue weighted by Crippen LogP contribution is 2.25. The third kappa shape index (κ3) is 8.09. The van der Waals surface area contributed by atoms with Gasteiger partial charge in [-0.3, -0.25) is 4.79 Å². The second-order valence-electron chi connectivity index (χ2n) is 4.06. The van der Waals surface area contributed by atoms with Crippen LogP contribution in [0.25, 0.3) is 0 Å².